The van der Waals surface area contributed by atoms with Crippen molar-refractivity contribution in [2.75, 3.05) is 29.9 Å². The van der Waals surface area contributed by atoms with E-state index in [1.165, 1.54) is 11.1 Å². The molecular formula is C22H31N5O. The van der Waals surface area contributed by atoms with E-state index in [4.69, 9.17) is 0 Å². The minimum atomic E-state index is 0.150. The van der Waals surface area contributed by atoms with Crippen LogP contribution in [0.1, 0.15) is 43.7 Å². The largest absolute Gasteiger partial charge is 0.370 e. The van der Waals surface area contributed by atoms with Crippen molar-refractivity contribution < 1.29 is 4.79 Å². The molecule has 1 fully saturated rings. The van der Waals surface area contributed by atoms with Crippen LogP contribution in [-0.2, 0) is 11.3 Å². The number of amides is 1. The number of hydrogen-bond acceptors (Lipinski definition) is 5. The van der Waals surface area contributed by atoms with Gasteiger partial charge in [0.25, 0.3) is 0 Å². The van der Waals surface area contributed by atoms with Crippen molar-refractivity contribution in [2.24, 2.45) is 5.92 Å². The van der Waals surface area contributed by atoms with Crippen molar-refractivity contribution in [3.8, 4) is 0 Å². The molecule has 6 heteroatoms. The molecule has 150 valence electrons. The van der Waals surface area contributed by atoms with E-state index in [0.29, 0.717) is 18.9 Å². The quantitative estimate of drug-likeness (QED) is 0.732. The molecule has 1 aromatic heterocycles. The number of benzene rings is 1. The van der Waals surface area contributed by atoms with Crippen molar-refractivity contribution in [1.82, 2.24) is 15.3 Å². The van der Waals surface area contributed by atoms with E-state index in [-0.39, 0.29) is 5.91 Å². The van der Waals surface area contributed by atoms with Gasteiger partial charge in [0.05, 0.1) is 0 Å². The molecule has 0 aliphatic carbocycles. The number of hydrogen-bond donors (Lipinski definition) is 2. The van der Waals surface area contributed by atoms with Gasteiger partial charge in [0, 0.05) is 38.7 Å². The SMILES string of the molecule is CCNc1cc(N2CCC(CCC(=O)NCc3ccccc3C)CC2)ncn1. The molecular weight excluding hydrogens is 350 g/mol. The Kier molecular flexibility index (Phi) is 7.23. The van der Waals surface area contributed by atoms with E-state index >= 15 is 0 Å². The Morgan fingerprint density at radius 3 is 2.75 bits per heavy atom. The fourth-order valence-electron chi connectivity index (χ4n) is 3.67. The van der Waals surface area contributed by atoms with Crippen LogP contribution in [-0.4, -0.2) is 35.5 Å². The lowest BCUT2D eigenvalue weighted by molar-refractivity contribution is -0.121. The van der Waals surface area contributed by atoms with Gasteiger partial charge >= 0.3 is 0 Å². The third-order valence-corrected chi connectivity index (χ3v) is 5.47. The summed E-state index contributed by atoms with van der Waals surface area (Å²) in [5.41, 5.74) is 2.41. The zero-order valence-corrected chi connectivity index (χ0v) is 16.9. The summed E-state index contributed by atoms with van der Waals surface area (Å²) in [7, 11) is 0. The number of carbonyl (C=O) groups is 1. The van der Waals surface area contributed by atoms with Crippen LogP contribution in [0.5, 0.6) is 0 Å². The van der Waals surface area contributed by atoms with Crippen molar-refractivity contribution in [3.63, 3.8) is 0 Å². The van der Waals surface area contributed by atoms with Gasteiger partial charge in [-0.1, -0.05) is 24.3 Å². The Hall–Kier alpha value is -2.63. The first-order chi connectivity index (χ1) is 13.7. The highest BCUT2D eigenvalue weighted by Crippen LogP contribution is 2.25. The van der Waals surface area contributed by atoms with E-state index in [9.17, 15) is 4.79 Å². The Labute approximate surface area is 167 Å². The van der Waals surface area contributed by atoms with E-state index in [1.54, 1.807) is 6.33 Å². The van der Waals surface area contributed by atoms with Crippen LogP contribution in [0.25, 0.3) is 0 Å². The lowest BCUT2D eigenvalue weighted by atomic mass is 9.92. The summed E-state index contributed by atoms with van der Waals surface area (Å²) < 4.78 is 0. The van der Waals surface area contributed by atoms with E-state index < -0.39 is 0 Å². The van der Waals surface area contributed by atoms with Crippen molar-refractivity contribution in [3.05, 3.63) is 47.8 Å². The lowest BCUT2D eigenvalue weighted by Gasteiger charge is -2.32. The third-order valence-electron chi connectivity index (χ3n) is 5.47. The van der Waals surface area contributed by atoms with Gasteiger partial charge in [-0.3, -0.25) is 4.79 Å². The van der Waals surface area contributed by atoms with Gasteiger partial charge in [-0.25, -0.2) is 9.97 Å². The molecule has 6 nitrogen and oxygen atoms in total. The van der Waals surface area contributed by atoms with Gasteiger partial charge < -0.3 is 15.5 Å². The maximum Gasteiger partial charge on any atom is 0.220 e. The van der Waals surface area contributed by atoms with Crippen LogP contribution in [0.15, 0.2) is 36.7 Å². The third kappa shape index (κ3) is 5.68. The average Bonchev–Trinajstić information content (AvgIpc) is 2.72. The number of piperidine rings is 1. The average molecular weight is 382 g/mol. The summed E-state index contributed by atoms with van der Waals surface area (Å²) in [5, 5.41) is 6.29. The number of anilines is 2. The first kappa shape index (κ1) is 20.1. The molecule has 1 saturated heterocycles. The summed E-state index contributed by atoms with van der Waals surface area (Å²) in [4.78, 5) is 23.2. The second kappa shape index (κ2) is 10.1. The smallest absolute Gasteiger partial charge is 0.220 e. The summed E-state index contributed by atoms with van der Waals surface area (Å²) >= 11 is 0. The standard InChI is InChI=1S/C22H31N5O/c1-3-23-20-14-21(26-16-25-20)27-12-10-18(11-13-27)8-9-22(28)24-15-19-7-5-4-6-17(19)2/h4-7,14,16,18H,3,8-13,15H2,1-2H3,(H,24,28)(H,23,25,26). The lowest BCUT2D eigenvalue weighted by Crippen LogP contribution is -2.34. The second-order valence-corrected chi connectivity index (χ2v) is 7.46. The van der Waals surface area contributed by atoms with Gasteiger partial charge in [-0.05, 0) is 50.2 Å². The molecule has 1 amide bonds. The number of nitrogens with one attached hydrogen (secondary N) is 2. The molecule has 3 rings (SSSR count). The van der Waals surface area contributed by atoms with Gasteiger partial charge in [0.15, 0.2) is 0 Å². The maximum absolute atomic E-state index is 12.2. The van der Waals surface area contributed by atoms with Crippen molar-refractivity contribution in [2.45, 2.75) is 46.1 Å². The monoisotopic (exact) mass is 381 g/mol. The van der Waals surface area contributed by atoms with Crippen LogP contribution >= 0.6 is 0 Å². The van der Waals surface area contributed by atoms with Crippen LogP contribution in [0, 0.1) is 12.8 Å². The number of aryl methyl sites for hydroxylation is 1. The minimum absolute atomic E-state index is 0.150. The van der Waals surface area contributed by atoms with E-state index in [2.05, 4.69) is 51.5 Å². The molecule has 0 saturated carbocycles. The molecule has 0 unspecified atom stereocenters. The first-order valence-electron chi connectivity index (χ1n) is 10.3. The zero-order chi connectivity index (χ0) is 19.8. The number of carbonyl (C=O) groups excluding carboxylic acids is 1. The summed E-state index contributed by atoms with van der Waals surface area (Å²) in [6.07, 6.45) is 5.39. The van der Waals surface area contributed by atoms with Crippen LogP contribution in [0.3, 0.4) is 0 Å². The van der Waals surface area contributed by atoms with Crippen LogP contribution < -0.4 is 15.5 Å². The molecule has 2 aromatic rings. The number of nitrogens with zero attached hydrogens (tertiary/aromatic N) is 3. The molecule has 0 atom stereocenters. The summed E-state index contributed by atoms with van der Waals surface area (Å²) in [5.74, 6) is 2.62. The molecule has 1 aliphatic heterocycles. The Balaban J connectivity index is 1.39. The highest BCUT2D eigenvalue weighted by atomic mass is 16.1. The summed E-state index contributed by atoms with van der Waals surface area (Å²) in [6, 6.07) is 10.2. The molecule has 28 heavy (non-hydrogen) atoms. The van der Waals surface area contributed by atoms with E-state index in [0.717, 1.165) is 50.5 Å². The van der Waals surface area contributed by atoms with Crippen molar-refractivity contribution in [1.29, 1.82) is 0 Å². The molecule has 2 N–H and O–H groups in total. The van der Waals surface area contributed by atoms with Crippen molar-refractivity contribution >= 4 is 17.5 Å². The topological polar surface area (TPSA) is 70.2 Å². The highest BCUT2D eigenvalue weighted by Gasteiger charge is 2.21. The van der Waals surface area contributed by atoms with Gasteiger partial charge in [-0.2, -0.15) is 0 Å². The molecule has 0 spiro atoms. The molecule has 1 aliphatic rings. The van der Waals surface area contributed by atoms with Gasteiger partial charge in [-0.15, -0.1) is 0 Å². The summed E-state index contributed by atoms with van der Waals surface area (Å²) in [6.45, 7) is 7.57. The Morgan fingerprint density at radius 2 is 2.00 bits per heavy atom. The molecule has 0 radical (unpaired) electrons. The highest BCUT2D eigenvalue weighted by molar-refractivity contribution is 5.75. The normalized spacial score (nSPS) is 14.7. The molecule has 2 heterocycles. The number of rotatable bonds is 8. The Morgan fingerprint density at radius 1 is 1.21 bits per heavy atom. The molecule has 1 aromatic carbocycles. The fraction of sp³-hybridized carbons (Fsp3) is 0.500. The second-order valence-electron chi connectivity index (χ2n) is 7.46. The minimum Gasteiger partial charge on any atom is -0.370 e. The zero-order valence-electron chi connectivity index (χ0n) is 16.9. The Bertz CT molecular complexity index is 771. The predicted octanol–water partition coefficient (Wildman–Crippen LogP) is 3.53. The predicted molar refractivity (Wildman–Crippen MR) is 113 cm³/mol. The van der Waals surface area contributed by atoms with Gasteiger partial charge in [0.1, 0.15) is 18.0 Å². The number of aromatic nitrogens is 2. The van der Waals surface area contributed by atoms with E-state index in [1.807, 2.05) is 18.2 Å². The van der Waals surface area contributed by atoms with Gasteiger partial charge in [0.2, 0.25) is 5.91 Å². The van der Waals surface area contributed by atoms with Crippen LogP contribution in [0.2, 0.25) is 0 Å². The fourth-order valence-corrected chi connectivity index (χ4v) is 3.67. The first-order valence-corrected chi connectivity index (χ1v) is 10.3. The van der Waals surface area contributed by atoms with Crippen LogP contribution in [0.4, 0.5) is 11.6 Å². The molecule has 0 bridgehead atoms. The maximum atomic E-state index is 12.2.